The molecule has 1 atom stereocenters. The largest absolute Gasteiger partial charge is 0.486 e. The summed E-state index contributed by atoms with van der Waals surface area (Å²) in [6, 6.07) is 16.6. The van der Waals surface area contributed by atoms with Gasteiger partial charge in [-0.2, -0.15) is 0 Å². The molecule has 0 aliphatic rings. The Labute approximate surface area is 166 Å². The average Bonchev–Trinajstić information content (AvgIpc) is 3.10. The summed E-state index contributed by atoms with van der Waals surface area (Å²) < 4.78 is 8.32. The number of ether oxygens (including phenoxy) is 1. The highest BCUT2D eigenvalue weighted by molar-refractivity contribution is 5.81. The smallest absolute Gasteiger partial charge is 0.122 e. The zero-order valence-electron chi connectivity index (χ0n) is 16.9. The molecular formula is C23H30N2O3. The van der Waals surface area contributed by atoms with Crippen molar-refractivity contribution in [3.8, 4) is 5.75 Å². The maximum Gasteiger partial charge on any atom is 0.122 e. The van der Waals surface area contributed by atoms with Crippen LogP contribution in [0.1, 0.15) is 31.1 Å². The molecule has 0 aliphatic carbocycles. The van der Waals surface area contributed by atoms with Gasteiger partial charge in [0.05, 0.1) is 24.3 Å². The number of aromatic nitrogens is 1. The minimum absolute atomic E-state index is 0.0297. The topological polar surface area (TPSA) is 66.7 Å². The van der Waals surface area contributed by atoms with Crippen molar-refractivity contribution in [3.63, 3.8) is 0 Å². The Balaban J connectivity index is 1.70. The molecule has 5 heteroatoms. The Morgan fingerprint density at radius 3 is 2.46 bits per heavy atom. The van der Waals surface area contributed by atoms with Gasteiger partial charge in [-0.25, -0.2) is 0 Å². The highest BCUT2D eigenvalue weighted by Crippen LogP contribution is 2.26. The van der Waals surface area contributed by atoms with Gasteiger partial charge in [0.15, 0.2) is 0 Å². The lowest BCUT2D eigenvalue weighted by molar-refractivity contribution is 0.104. The van der Waals surface area contributed by atoms with E-state index in [1.807, 2.05) is 6.07 Å². The molecule has 3 aromatic rings. The van der Waals surface area contributed by atoms with E-state index in [9.17, 15) is 10.2 Å². The van der Waals surface area contributed by atoms with Gasteiger partial charge >= 0.3 is 0 Å². The van der Waals surface area contributed by atoms with E-state index in [4.69, 9.17) is 4.74 Å². The van der Waals surface area contributed by atoms with E-state index < -0.39 is 5.54 Å². The first-order valence-electron chi connectivity index (χ1n) is 9.73. The summed E-state index contributed by atoms with van der Waals surface area (Å²) in [5.74, 6) is 0.837. The molecule has 3 N–H and O–H groups in total. The van der Waals surface area contributed by atoms with E-state index in [1.165, 1.54) is 5.56 Å². The zero-order valence-corrected chi connectivity index (χ0v) is 16.9. The van der Waals surface area contributed by atoms with Gasteiger partial charge in [0.2, 0.25) is 0 Å². The van der Waals surface area contributed by atoms with Gasteiger partial charge in [-0.3, -0.25) is 0 Å². The van der Waals surface area contributed by atoms with Crippen LogP contribution in [0.4, 0.5) is 0 Å². The molecule has 0 bridgehead atoms. The van der Waals surface area contributed by atoms with Gasteiger partial charge in [0.25, 0.3) is 0 Å². The summed E-state index contributed by atoms with van der Waals surface area (Å²) in [7, 11) is 0. The van der Waals surface area contributed by atoms with Gasteiger partial charge in [0.1, 0.15) is 11.9 Å². The number of benzene rings is 2. The first kappa shape index (κ1) is 20.4. The molecule has 5 nitrogen and oxygen atoms in total. The first-order valence-corrected chi connectivity index (χ1v) is 9.73. The summed E-state index contributed by atoms with van der Waals surface area (Å²) in [5, 5.41) is 23.2. The van der Waals surface area contributed by atoms with Crippen molar-refractivity contribution in [2.45, 2.75) is 39.0 Å². The van der Waals surface area contributed by atoms with E-state index in [-0.39, 0.29) is 19.3 Å². The van der Waals surface area contributed by atoms with E-state index in [0.29, 0.717) is 6.54 Å². The normalized spacial score (nSPS) is 13.0. The third-order valence-corrected chi connectivity index (χ3v) is 5.21. The summed E-state index contributed by atoms with van der Waals surface area (Å²) >= 11 is 0. The van der Waals surface area contributed by atoms with Crippen molar-refractivity contribution < 1.29 is 14.9 Å². The van der Waals surface area contributed by atoms with Gasteiger partial charge in [0, 0.05) is 25.4 Å². The quantitative estimate of drug-likeness (QED) is 0.530. The monoisotopic (exact) mass is 382 g/mol. The second-order valence-electron chi connectivity index (χ2n) is 7.70. The van der Waals surface area contributed by atoms with Gasteiger partial charge in [-0.15, -0.1) is 0 Å². The number of aryl methyl sites for hydroxylation is 1. The molecule has 150 valence electrons. The third-order valence-electron chi connectivity index (χ3n) is 5.21. The van der Waals surface area contributed by atoms with Crippen LogP contribution in [0.5, 0.6) is 5.75 Å². The molecule has 0 saturated carbocycles. The molecular weight excluding hydrogens is 352 g/mol. The average molecular weight is 383 g/mol. The van der Waals surface area contributed by atoms with Crippen LogP contribution in [0, 0.1) is 6.92 Å². The fourth-order valence-electron chi connectivity index (χ4n) is 3.18. The highest BCUT2D eigenvalue weighted by atomic mass is 16.5. The van der Waals surface area contributed by atoms with Crippen molar-refractivity contribution >= 4 is 10.9 Å². The summed E-state index contributed by atoms with van der Waals surface area (Å²) in [6.45, 7) is 7.11. The predicted octanol–water partition coefficient (Wildman–Crippen LogP) is 3.42. The number of nitrogens with zero attached hydrogens (tertiary/aromatic N) is 1. The number of nitrogens with one attached hydrogen (secondary N) is 1. The van der Waals surface area contributed by atoms with Crippen LogP contribution in [0.3, 0.4) is 0 Å². The third kappa shape index (κ3) is 4.73. The van der Waals surface area contributed by atoms with Crippen LogP contribution >= 0.6 is 0 Å². The van der Waals surface area contributed by atoms with Gasteiger partial charge in [-0.1, -0.05) is 29.8 Å². The second-order valence-corrected chi connectivity index (χ2v) is 7.70. The fourth-order valence-corrected chi connectivity index (χ4v) is 3.18. The Kier molecular flexibility index (Phi) is 6.39. The molecule has 1 aromatic heterocycles. The summed E-state index contributed by atoms with van der Waals surface area (Å²) in [5.41, 5.74) is 2.82. The van der Waals surface area contributed by atoms with Crippen LogP contribution in [0.25, 0.3) is 10.9 Å². The molecule has 0 aliphatic heterocycles. The van der Waals surface area contributed by atoms with Crippen molar-refractivity contribution in [1.82, 2.24) is 9.88 Å². The minimum atomic E-state index is -0.666. The second kappa shape index (κ2) is 8.78. The lowest BCUT2D eigenvalue weighted by atomic mass is 10.1. The van der Waals surface area contributed by atoms with Crippen LogP contribution < -0.4 is 10.1 Å². The van der Waals surface area contributed by atoms with Crippen LogP contribution in [-0.2, 0) is 6.54 Å². The fraction of sp³-hybridized carbons (Fsp3) is 0.391. The summed E-state index contributed by atoms with van der Waals surface area (Å²) in [4.78, 5) is 0. The lowest BCUT2D eigenvalue weighted by Gasteiger charge is -2.26. The molecule has 0 saturated heterocycles. The Hall–Kier alpha value is -2.34. The number of fused-ring (bicyclic) bond motifs is 1. The molecule has 1 unspecified atom stereocenters. The predicted molar refractivity (Wildman–Crippen MR) is 113 cm³/mol. The minimum Gasteiger partial charge on any atom is -0.486 e. The van der Waals surface area contributed by atoms with E-state index in [1.54, 1.807) is 6.92 Å². The lowest BCUT2D eigenvalue weighted by Crippen LogP contribution is -2.49. The van der Waals surface area contributed by atoms with E-state index in [0.717, 1.165) is 28.8 Å². The van der Waals surface area contributed by atoms with Crippen LogP contribution in [0.15, 0.2) is 54.7 Å². The molecule has 28 heavy (non-hydrogen) atoms. The van der Waals surface area contributed by atoms with Crippen molar-refractivity contribution in [1.29, 1.82) is 0 Å². The molecule has 3 rings (SSSR count). The maximum atomic E-state index is 9.40. The molecule has 0 spiro atoms. The number of aliphatic hydroxyl groups excluding tert-OH is 2. The Bertz CT molecular complexity index is 898. The highest BCUT2D eigenvalue weighted by Gasteiger charge is 2.20. The number of rotatable bonds is 9. The maximum absolute atomic E-state index is 9.40. The van der Waals surface area contributed by atoms with E-state index >= 15 is 0 Å². The molecule has 0 amide bonds. The van der Waals surface area contributed by atoms with Crippen molar-refractivity contribution in [3.05, 3.63) is 65.9 Å². The summed E-state index contributed by atoms with van der Waals surface area (Å²) in [6.07, 6.45) is 2.02. The number of aliphatic hydroxyl groups is 2. The first-order chi connectivity index (χ1) is 13.4. The standard InChI is InChI=1S/C23H30N2O3/c1-17-4-6-19(7-5-17)18(2)28-21-9-8-20-10-12-25(22(20)14-21)13-11-24-23(3,15-26)16-27/h4-10,12,14,18,24,26-27H,11,13,15-16H2,1-3H3. The Morgan fingerprint density at radius 1 is 1.07 bits per heavy atom. The molecule has 1 heterocycles. The SMILES string of the molecule is Cc1ccc(C(C)Oc2ccc3ccn(CCNC(C)(CO)CO)c3c2)cc1. The van der Waals surface area contributed by atoms with E-state index in [2.05, 4.69) is 72.4 Å². The Morgan fingerprint density at radius 2 is 1.79 bits per heavy atom. The molecule has 0 radical (unpaired) electrons. The number of hydrogen-bond acceptors (Lipinski definition) is 4. The van der Waals surface area contributed by atoms with Gasteiger partial charge < -0.3 is 24.8 Å². The molecule has 0 fully saturated rings. The van der Waals surface area contributed by atoms with Crippen LogP contribution in [0.2, 0.25) is 0 Å². The molecule has 2 aromatic carbocycles. The van der Waals surface area contributed by atoms with Crippen molar-refractivity contribution in [2.75, 3.05) is 19.8 Å². The van der Waals surface area contributed by atoms with Crippen LogP contribution in [-0.4, -0.2) is 40.1 Å². The van der Waals surface area contributed by atoms with Crippen molar-refractivity contribution in [2.24, 2.45) is 0 Å². The van der Waals surface area contributed by atoms with Gasteiger partial charge in [-0.05, 0) is 49.9 Å². The number of hydrogen-bond donors (Lipinski definition) is 3. The zero-order chi connectivity index (χ0) is 20.1.